The second kappa shape index (κ2) is 4.67. The van der Waals surface area contributed by atoms with E-state index in [0.717, 1.165) is 13.0 Å². The van der Waals surface area contributed by atoms with Crippen LogP contribution in [0.3, 0.4) is 0 Å². The molecule has 100 valence electrons. The van der Waals surface area contributed by atoms with E-state index in [2.05, 4.69) is 23.8 Å². The molecular formula is C13H20ClN3O. The summed E-state index contributed by atoms with van der Waals surface area (Å²) in [7, 11) is 3.99. The SMILES string of the molecule is CN(C)CCn1ncc(Cl)c1C(=O)C1CC1(C)C. The minimum Gasteiger partial charge on any atom is -0.308 e. The molecule has 1 fully saturated rings. The first-order chi connectivity index (χ1) is 8.33. The highest BCUT2D eigenvalue weighted by Gasteiger charge is 2.51. The van der Waals surface area contributed by atoms with Crippen LogP contribution in [0, 0.1) is 11.3 Å². The number of likely N-dealkylation sites (N-methyl/N-ethyl adjacent to an activating group) is 1. The van der Waals surface area contributed by atoms with Crippen LogP contribution in [-0.4, -0.2) is 41.1 Å². The third-order valence-corrected chi connectivity index (χ3v) is 3.89. The van der Waals surface area contributed by atoms with Crippen LogP contribution in [0.1, 0.15) is 30.8 Å². The van der Waals surface area contributed by atoms with Crippen molar-refractivity contribution in [2.75, 3.05) is 20.6 Å². The first-order valence-electron chi connectivity index (χ1n) is 6.23. The topological polar surface area (TPSA) is 38.1 Å². The van der Waals surface area contributed by atoms with Gasteiger partial charge in [-0.05, 0) is 25.9 Å². The Morgan fingerprint density at radius 2 is 2.22 bits per heavy atom. The number of rotatable bonds is 5. The third kappa shape index (κ3) is 2.59. The molecule has 0 saturated heterocycles. The largest absolute Gasteiger partial charge is 0.308 e. The summed E-state index contributed by atoms with van der Waals surface area (Å²) in [6, 6.07) is 0. The summed E-state index contributed by atoms with van der Waals surface area (Å²) >= 11 is 6.10. The quantitative estimate of drug-likeness (QED) is 0.770. The summed E-state index contributed by atoms with van der Waals surface area (Å²) in [5.41, 5.74) is 0.700. The fourth-order valence-corrected chi connectivity index (χ4v) is 2.39. The van der Waals surface area contributed by atoms with Crippen LogP contribution in [0.4, 0.5) is 0 Å². The molecule has 18 heavy (non-hydrogen) atoms. The zero-order valence-corrected chi connectivity index (χ0v) is 12.2. The first kappa shape index (κ1) is 13.6. The normalized spacial score (nSPS) is 21.3. The zero-order chi connectivity index (χ0) is 13.5. The lowest BCUT2D eigenvalue weighted by molar-refractivity contribution is 0.0942. The van der Waals surface area contributed by atoms with Crippen molar-refractivity contribution in [2.24, 2.45) is 11.3 Å². The number of nitrogens with zero attached hydrogens (tertiary/aromatic N) is 3. The third-order valence-electron chi connectivity index (χ3n) is 3.62. The average molecular weight is 270 g/mol. The van der Waals surface area contributed by atoms with Crippen molar-refractivity contribution in [2.45, 2.75) is 26.8 Å². The molecule has 1 aromatic rings. The maximum absolute atomic E-state index is 12.4. The van der Waals surface area contributed by atoms with Crippen molar-refractivity contribution in [1.29, 1.82) is 0 Å². The predicted molar refractivity (Wildman–Crippen MR) is 72.0 cm³/mol. The molecule has 1 heterocycles. The van der Waals surface area contributed by atoms with Crippen LogP contribution in [-0.2, 0) is 6.54 Å². The van der Waals surface area contributed by atoms with Crippen LogP contribution in [0.2, 0.25) is 5.02 Å². The molecular weight excluding hydrogens is 250 g/mol. The van der Waals surface area contributed by atoms with Gasteiger partial charge >= 0.3 is 0 Å². The molecule has 0 N–H and O–H groups in total. The lowest BCUT2D eigenvalue weighted by atomic mass is 10.1. The highest BCUT2D eigenvalue weighted by atomic mass is 35.5. The summed E-state index contributed by atoms with van der Waals surface area (Å²) in [6.45, 7) is 5.76. The Bertz CT molecular complexity index is 465. The molecule has 0 aliphatic heterocycles. The van der Waals surface area contributed by atoms with Crippen molar-refractivity contribution >= 4 is 17.4 Å². The number of Topliss-reactive ketones (excluding diaryl/α,β-unsaturated/α-hetero) is 1. The molecule has 4 nitrogen and oxygen atoms in total. The number of carbonyl (C=O) groups is 1. The van der Waals surface area contributed by atoms with E-state index in [1.807, 2.05) is 14.1 Å². The molecule has 1 aliphatic carbocycles. The molecule has 2 rings (SSSR count). The number of halogens is 1. The summed E-state index contributed by atoms with van der Waals surface area (Å²) in [5.74, 6) is 0.242. The summed E-state index contributed by atoms with van der Waals surface area (Å²) in [4.78, 5) is 14.5. The van der Waals surface area contributed by atoms with Crippen molar-refractivity contribution in [3.63, 3.8) is 0 Å². The second-order valence-corrected chi connectivity index (χ2v) is 6.38. The van der Waals surface area contributed by atoms with Crippen molar-refractivity contribution in [3.8, 4) is 0 Å². The summed E-state index contributed by atoms with van der Waals surface area (Å²) < 4.78 is 1.74. The Morgan fingerprint density at radius 1 is 1.61 bits per heavy atom. The highest BCUT2D eigenvalue weighted by molar-refractivity contribution is 6.33. The Morgan fingerprint density at radius 3 is 2.72 bits per heavy atom. The number of hydrogen-bond acceptors (Lipinski definition) is 3. The van der Waals surface area contributed by atoms with Crippen molar-refractivity contribution < 1.29 is 4.79 Å². The van der Waals surface area contributed by atoms with Crippen LogP contribution >= 0.6 is 11.6 Å². The number of aromatic nitrogens is 2. The van der Waals surface area contributed by atoms with E-state index in [9.17, 15) is 4.79 Å². The monoisotopic (exact) mass is 269 g/mol. The summed E-state index contributed by atoms with van der Waals surface area (Å²) in [6.07, 6.45) is 2.51. The highest BCUT2D eigenvalue weighted by Crippen LogP contribution is 2.53. The van der Waals surface area contributed by atoms with Crippen molar-refractivity contribution in [1.82, 2.24) is 14.7 Å². The Balaban J connectivity index is 2.16. The Hall–Kier alpha value is -0.870. The molecule has 1 aromatic heterocycles. The Kier molecular flexibility index (Phi) is 3.52. The maximum atomic E-state index is 12.4. The fourth-order valence-electron chi connectivity index (χ4n) is 2.15. The van der Waals surface area contributed by atoms with Gasteiger partial charge in [0.15, 0.2) is 5.78 Å². The molecule has 0 bridgehead atoms. The molecule has 5 heteroatoms. The molecule has 0 amide bonds. The zero-order valence-electron chi connectivity index (χ0n) is 11.4. The van der Waals surface area contributed by atoms with Gasteiger partial charge in [-0.25, -0.2) is 0 Å². The molecule has 1 atom stereocenters. The molecule has 1 unspecified atom stereocenters. The van der Waals surface area contributed by atoms with E-state index in [1.165, 1.54) is 0 Å². The van der Waals surface area contributed by atoms with Crippen LogP contribution in [0.15, 0.2) is 6.20 Å². The number of carbonyl (C=O) groups excluding carboxylic acids is 1. The minimum atomic E-state index is 0.102. The van der Waals surface area contributed by atoms with E-state index in [4.69, 9.17) is 11.6 Å². The van der Waals surface area contributed by atoms with E-state index < -0.39 is 0 Å². The lowest BCUT2D eigenvalue weighted by Gasteiger charge is -2.12. The fraction of sp³-hybridized carbons (Fsp3) is 0.692. The standard InChI is InChI=1S/C13H20ClN3O/c1-13(2)7-9(13)12(18)11-10(14)8-15-17(11)6-5-16(3)4/h8-9H,5-7H2,1-4H3. The smallest absolute Gasteiger partial charge is 0.186 e. The van der Waals surface area contributed by atoms with Crippen molar-refractivity contribution in [3.05, 3.63) is 16.9 Å². The van der Waals surface area contributed by atoms with Gasteiger partial charge in [0.1, 0.15) is 5.69 Å². The van der Waals surface area contributed by atoms with Gasteiger partial charge < -0.3 is 4.90 Å². The predicted octanol–water partition coefficient (Wildman–Crippen LogP) is 2.33. The van der Waals surface area contributed by atoms with E-state index in [0.29, 0.717) is 17.3 Å². The van der Waals surface area contributed by atoms with Gasteiger partial charge in [-0.3, -0.25) is 9.48 Å². The summed E-state index contributed by atoms with van der Waals surface area (Å²) in [5, 5.41) is 4.68. The first-order valence-corrected chi connectivity index (χ1v) is 6.61. The minimum absolute atomic E-state index is 0.102. The van der Waals surface area contributed by atoms with Gasteiger partial charge in [0, 0.05) is 12.5 Å². The Labute approximate surface area is 113 Å². The average Bonchev–Trinajstić information content (AvgIpc) is 2.75. The lowest BCUT2D eigenvalue weighted by Crippen LogP contribution is -2.22. The van der Waals surface area contributed by atoms with E-state index in [1.54, 1.807) is 10.9 Å². The van der Waals surface area contributed by atoms with Crippen LogP contribution in [0.25, 0.3) is 0 Å². The molecule has 0 aromatic carbocycles. The van der Waals surface area contributed by atoms with Gasteiger partial charge in [0.05, 0.1) is 17.8 Å². The van der Waals surface area contributed by atoms with Crippen LogP contribution < -0.4 is 0 Å². The van der Waals surface area contributed by atoms with Gasteiger partial charge in [0.25, 0.3) is 0 Å². The molecule has 0 spiro atoms. The second-order valence-electron chi connectivity index (χ2n) is 5.98. The van der Waals surface area contributed by atoms with Gasteiger partial charge in [-0.15, -0.1) is 0 Å². The van der Waals surface area contributed by atoms with Gasteiger partial charge in [-0.2, -0.15) is 5.10 Å². The van der Waals surface area contributed by atoms with E-state index >= 15 is 0 Å². The van der Waals surface area contributed by atoms with Gasteiger partial charge in [0.2, 0.25) is 0 Å². The van der Waals surface area contributed by atoms with Crippen LogP contribution in [0.5, 0.6) is 0 Å². The number of ketones is 1. The molecule has 1 aliphatic rings. The van der Waals surface area contributed by atoms with Gasteiger partial charge in [-0.1, -0.05) is 25.4 Å². The maximum Gasteiger partial charge on any atom is 0.186 e. The van der Waals surface area contributed by atoms with E-state index in [-0.39, 0.29) is 17.1 Å². The molecule has 1 saturated carbocycles. The number of hydrogen-bond donors (Lipinski definition) is 0. The molecule has 0 radical (unpaired) electrons.